The van der Waals surface area contributed by atoms with Gasteiger partial charge in [-0.15, -0.1) is 0 Å². The third kappa shape index (κ3) is 2.63. The van der Waals surface area contributed by atoms with Crippen LogP contribution in [0.1, 0.15) is 0 Å². The predicted octanol–water partition coefficient (Wildman–Crippen LogP) is 5.48. The summed E-state index contributed by atoms with van der Waals surface area (Å²) in [5.74, 6) is 0. The highest BCUT2D eigenvalue weighted by Crippen LogP contribution is 2.33. The molecule has 15 heavy (non-hydrogen) atoms. The maximum Gasteiger partial charge on any atom is 0.0351 e. The third-order valence-electron chi connectivity index (χ3n) is 2.08. The van der Waals surface area contributed by atoms with Gasteiger partial charge in [0.05, 0.1) is 0 Å². The molecule has 3 heteroatoms. The van der Waals surface area contributed by atoms with Gasteiger partial charge in [0.25, 0.3) is 0 Å². The van der Waals surface area contributed by atoms with E-state index in [1.54, 1.807) is 0 Å². The second-order valence-electron chi connectivity index (χ2n) is 3.12. The van der Waals surface area contributed by atoms with E-state index in [4.69, 9.17) is 0 Å². The van der Waals surface area contributed by atoms with Gasteiger partial charge < -0.3 is 0 Å². The molecule has 0 spiro atoms. The number of hydrogen-bond acceptors (Lipinski definition) is 0. The highest BCUT2D eigenvalue weighted by atomic mass is 127. The van der Waals surface area contributed by atoms with Gasteiger partial charge in [0.2, 0.25) is 0 Å². The first-order chi connectivity index (χ1) is 7.18. The lowest BCUT2D eigenvalue weighted by Crippen LogP contribution is -1.84. The fourth-order valence-electron chi connectivity index (χ4n) is 1.38. The van der Waals surface area contributed by atoms with Crippen LogP contribution in [0.15, 0.2) is 51.4 Å². The maximum absolute atomic E-state index is 3.56. The van der Waals surface area contributed by atoms with Crippen LogP contribution < -0.4 is 0 Å². The fourth-order valence-corrected chi connectivity index (χ4v) is 3.23. The number of halogens is 3. The van der Waals surface area contributed by atoms with Crippen molar-refractivity contribution in [2.45, 2.75) is 0 Å². The molecule has 0 saturated heterocycles. The molecule has 2 rings (SSSR count). The Bertz CT molecular complexity index is 480. The summed E-state index contributed by atoms with van der Waals surface area (Å²) in [6.07, 6.45) is 0. The second kappa shape index (κ2) is 4.97. The van der Waals surface area contributed by atoms with Gasteiger partial charge in [-0.05, 0) is 61.8 Å². The van der Waals surface area contributed by atoms with Gasteiger partial charge in [-0.3, -0.25) is 0 Å². The summed E-state index contributed by atoms with van der Waals surface area (Å²) in [7, 11) is 0. The highest BCUT2D eigenvalue weighted by Gasteiger charge is 2.07. The predicted molar refractivity (Wildman–Crippen MR) is 80.0 cm³/mol. The van der Waals surface area contributed by atoms with Crippen LogP contribution in [0.2, 0.25) is 0 Å². The zero-order chi connectivity index (χ0) is 10.8. The van der Waals surface area contributed by atoms with E-state index in [1.807, 2.05) is 6.07 Å². The molecular formula is C12H7Br2I. The van der Waals surface area contributed by atoms with Gasteiger partial charge in [0.1, 0.15) is 0 Å². The topological polar surface area (TPSA) is 0 Å². The molecule has 0 nitrogen and oxygen atoms in total. The summed E-state index contributed by atoms with van der Waals surface area (Å²) in [5.41, 5.74) is 2.49. The van der Waals surface area contributed by atoms with E-state index in [0.717, 1.165) is 8.95 Å². The van der Waals surface area contributed by atoms with Crippen LogP contribution in [-0.2, 0) is 0 Å². The van der Waals surface area contributed by atoms with Gasteiger partial charge >= 0.3 is 0 Å². The molecule has 0 N–H and O–H groups in total. The Balaban J connectivity index is 2.63. The lowest BCUT2D eigenvalue weighted by molar-refractivity contribution is 1.52. The van der Waals surface area contributed by atoms with E-state index in [1.165, 1.54) is 14.7 Å². The molecule has 0 unspecified atom stereocenters. The minimum atomic E-state index is 1.09. The van der Waals surface area contributed by atoms with Crippen molar-refractivity contribution >= 4 is 54.5 Å². The van der Waals surface area contributed by atoms with Crippen LogP contribution in [-0.4, -0.2) is 0 Å². The summed E-state index contributed by atoms with van der Waals surface area (Å²) in [5, 5.41) is 0. The van der Waals surface area contributed by atoms with Crippen molar-refractivity contribution in [3.63, 3.8) is 0 Å². The summed E-state index contributed by atoms with van der Waals surface area (Å²) < 4.78 is 3.45. The van der Waals surface area contributed by atoms with Gasteiger partial charge in [-0.25, -0.2) is 0 Å². The van der Waals surface area contributed by atoms with Crippen LogP contribution in [0.5, 0.6) is 0 Å². The SMILES string of the molecule is Brc1cc(Br)c(I)c(-c2ccccc2)c1. The lowest BCUT2D eigenvalue weighted by Gasteiger charge is -2.07. The van der Waals surface area contributed by atoms with Crippen molar-refractivity contribution < 1.29 is 0 Å². The van der Waals surface area contributed by atoms with Crippen molar-refractivity contribution in [1.29, 1.82) is 0 Å². The van der Waals surface area contributed by atoms with Crippen molar-refractivity contribution in [3.8, 4) is 11.1 Å². The highest BCUT2D eigenvalue weighted by molar-refractivity contribution is 14.1. The van der Waals surface area contributed by atoms with E-state index >= 15 is 0 Å². The van der Waals surface area contributed by atoms with Gasteiger partial charge in [0.15, 0.2) is 0 Å². The first-order valence-corrected chi connectivity index (χ1v) is 7.05. The molecule has 2 aromatic carbocycles. The van der Waals surface area contributed by atoms with Crippen molar-refractivity contribution in [1.82, 2.24) is 0 Å². The first-order valence-electron chi connectivity index (χ1n) is 4.38. The van der Waals surface area contributed by atoms with Crippen LogP contribution in [0, 0.1) is 3.57 Å². The van der Waals surface area contributed by atoms with Crippen LogP contribution in [0.25, 0.3) is 11.1 Å². The summed E-state index contributed by atoms with van der Waals surface area (Å²) in [6, 6.07) is 14.6. The van der Waals surface area contributed by atoms with Gasteiger partial charge in [-0.1, -0.05) is 46.3 Å². The van der Waals surface area contributed by atoms with E-state index in [9.17, 15) is 0 Å². The first kappa shape index (κ1) is 11.6. The Labute approximate surface area is 119 Å². The van der Waals surface area contributed by atoms with Crippen LogP contribution in [0.4, 0.5) is 0 Å². The molecule has 0 aliphatic carbocycles. The van der Waals surface area contributed by atoms with E-state index in [-0.39, 0.29) is 0 Å². The number of rotatable bonds is 1. The molecule has 0 atom stereocenters. The Morgan fingerprint density at radius 3 is 2.27 bits per heavy atom. The van der Waals surface area contributed by atoms with Gasteiger partial charge in [0, 0.05) is 12.5 Å². The summed E-state index contributed by atoms with van der Waals surface area (Å²) >= 11 is 9.43. The van der Waals surface area contributed by atoms with Crippen molar-refractivity contribution in [3.05, 3.63) is 55.0 Å². The van der Waals surface area contributed by atoms with Crippen molar-refractivity contribution in [2.75, 3.05) is 0 Å². The average Bonchev–Trinajstić information content (AvgIpc) is 2.24. The molecule has 0 bridgehead atoms. The Morgan fingerprint density at radius 2 is 1.60 bits per heavy atom. The normalized spacial score (nSPS) is 10.3. The Hall–Kier alpha value is 0.130. The van der Waals surface area contributed by atoms with E-state index < -0.39 is 0 Å². The quantitative estimate of drug-likeness (QED) is 0.409. The molecule has 76 valence electrons. The molecule has 0 fully saturated rings. The molecule has 0 radical (unpaired) electrons. The summed E-state index contributed by atoms with van der Waals surface area (Å²) in [4.78, 5) is 0. The molecule has 0 aliphatic heterocycles. The minimum absolute atomic E-state index is 1.09. The van der Waals surface area contributed by atoms with Crippen LogP contribution >= 0.6 is 54.5 Å². The van der Waals surface area contributed by atoms with Crippen LogP contribution in [0.3, 0.4) is 0 Å². The Kier molecular flexibility index (Phi) is 3.85. The summed E-state index contributed by atoms with van der Waals surface area (Å²) in [6.45, 7) is 0. The molecule has 0 heterocycles. The lowest BCUT2D eigenvalue weighted by atomic mass is 10.1. The monoisotopic (exact) mass is 436 g/mol. The van der Waals surface area contributed by atoms with E-state index in [0.29, 0.717) is 0 Å². The largest absolute Gasteiger partial charge is 0.0622 e. The molecule has 0 saturated carbocycles. The average molecular weight is 438 g/mol. The fraction of sp³-hybridized carbons (Fsp3) is 0. The molecule has 2 aromatic rings. The minimum Gasteiger partial charge on any atom is -0.0622 e. The molecule has 0 amide bonds. The third-order valence-corrected chi connectivity index (χ3v) is 5.06. The van der Waals surface area contributed by atoms with E-state index in [2.05, 4.69) is 90.8 Å². The molecule has 0 aromatic heterocycles. The Morgan fingerprint density at radius 1 is 0.933 bits per heavy atom. The standard InChI is InChI=1S/C12H7Br2I/c13-9-6-10(12(15)11(14)7-9)8-4-2-1-3-5-8/h1-7H. The van der Waals surface area contributed by atoms with Crippen molar-refractivity contribution in [2.24, 2.45) is 0 Å². The smallest absolute Gasteiger partial charge is 0.0351 e. The zero-order valence-electron chi connectivity index (χ0n) is 7.68. The molecule has 0 aliphatic rings. The molecular weight excluding hydrogens is 431 g/mol. The van der Waals surface area contributed by atoms with Gasteiger partial charge in [-0.2, -0.15) is 0 Å². The number of benzene rings is 2. The maximum atomic E-state index is 3.56. The number of hydrogen-bond donors (Lipinski definition) is 0. The second-order valence-corrected chi connectivity index (χ2v) is 5.96. The zero-order valence-corrected chi connectivity index (χ0v) is 13.0.